The molecular formula is C14H17BrN2O3. The molecule has 2 atom stereocenters. The first-order chi connectivity index (χ1) is 9.49. The number of halogens is 1. The summed E-state index contributed by atoms with van der Waals surface area (Å²) in [5.41, 5.74) is 6.33. The minimum absolute atomic E-state index is 0.166. The Labute approximate surface area is 125 Å². The molecule has 5 nitrogen and oxygen atoms in total. The van der Waals surface area contributed by atoms with Crippen molar-refractivity contribution in [2.75, 3.05) is 5.32 Å². The molecule has 1 aromatic carbocycles. The number of anilines is 1. The van der Waals surface area contributed by atoms with Gasteiger partial charge in [0.2, 0.25) is 0 Å². The first kappa shape index (κ1) is 14.8. The number of primary amides is 1. The van der Waals surface area contributed by atoms with E-state index in [0.717, 1.165) is 23.7 Å². The number of hydrogen-bond acceptors (Lipinski definition) is 3. The molecular weight excluding hydrogens is 324 g/mol. The van der Waals surface area contributed by atoms with Crippen LogP contribution in [0.2, 0.25) is 0 Å². The van der Waals surface area contributed by atoms with E-state index in [2.05, 4.69) is 21.2 Å². The van der Waals surface area contributed by atoms with Gasteiger partial charge in [0, 0.05) is 16.2 Å². The van der Waals surface area contributed by atoms with Crippen molar-refractivity contribution in [1.82, 2.24) is 0 Å². The minimum atomic E-state index is -0.792. The van der Waals surface area contributed by atoms with Crippen LogP contribution < -0.4 is 11.1 Å². The number of carbonyl (C=O) groups is 2. The number of aliphatic carboxylic acids is 1. The SMILES string of the molecule is NC(=O)c1cc(Br)ccc1NC1CCCCC1C(=O)O. The van der Waals surface area contributed by atoms with E-state index in [1.54, 1.807) is 18.2 Å². The van der Waals surface area contributed by atoms with E-state index >= 15 is 0 Å². The highest BCUT2D eigenvalue weighted by Gasteiger charge is 2.31. The Hall–Kier alpha value is -1.56. The first-order valence-corrected chi connectivity index (χ1v) is 7.37. The van der Waals surface area contributed by atoms with Gasteiger partial charge >= 0.3 is 5.97 Å². The lowest BCUT2D eigenvalue weighted by Crippen LogP contribution is -2.37. The molecule has 0 aromatic heterocycles. The van der Waals surface area contributed by atoms with Crippen molar-refractivity contribution in [2.45, 2.75) is 31.7 Å². The highest BCUT2D eigenvalue weighted by Crippen LogP contribution is 2.29. The zero-order chi connectivity index (χ0) is 14.7. The third kappa shape index (κ3) is 3.30. The van der Waals surface area contributed by atoms with Gasteiger partial charge in [-0.15, -0.1) is 0 Å². The van der Waals surface area contributed by atoms with Crippen molar-refractivity contribution < 1.29 is 14.7 Å². The van der Waals surface area contributed by atoms with Crippen molar-refractivity contribution in [3.05, 3.63) is 28.2 Å². The Balaban J connectivity index is 2.24. The van der Waals surface area contributed by atoms with Crippen LogP contribution in [0.1, 0.15) is 36.0 Å². The van der Waals surface area contributed by atoms with Crippen molar-refractivity contribution >= 4 is 33.5 Å². The van der Waals surface area contributed by atoms with Gasteiger partial charge in [0.15, 0.2) is 0 Å². The van der Waals surface area contributed by atoms with E-state index in [9.17, 15) is 14.7 Å². The molecule has 0 spiro atoms. The van der Waals surface area contributed by atoms with E-state index in [-0.39, 0.29) is 6.04 Å². The molecule has 0 saturated heterocycles. The summed E-state index contributed by atoms with van der Waals surface area (Å²) >= 11 is 3.30. The molecule has 0 bridgehead atoms. The maximum atomic E-state index is 11.5. The van der Waals surface area contributed by atoms with Gasteiger partial charge in [0.05, 0.1) is 11.5 Å². The molecule has 2 rings (SSSR count). The van der Waals surface area contributed by atoms with Crippen molar-refractivity contribution in [3.63, 3.8) is 0 Å². The third-order valence-corrected chi connectivity index (χ3v) is 4.16. The van der Waals surface area contributed by atoms with Crippen LogP contribution in [-0.2, 0) is 4.79 Å². The second kappa shape index (κ2) is 6.26. The van der Waals surface area contributed by atoms with Crippen LogP contribution in [0.4, 0.5) is 5.69 Å². The summed E-state index contributed by atoms with van der Waals surface area (Å²) in [7, 11) is 0. The van der Waals surface area contributed by atoms with E-state index < -0.39 is 17.8 Å². The summed E-state index contributed by atoms with van der Waals surface area (Å²) in [6.07, 6.45) is 3.36. The molecule has 0 heterocycles. The average molecular weight is 341 g/mol. The van der Waals surface area contributed by atoms with Gasteiger partial charge < -0.3 is 16.2 Å². The number of carboxylic acids is 1. The van der Waals surface area contributed by atoms with Crippen molar-refractivity contribution in [3.8, 4) is 0 Å². The van der Waals surface area contributed by atoms with Crippen molar-refractivity contribution in [2.24, 2.45) is 11.7 Å². The van der Waals surface area contributed by atoms with Gasteiger partial charge in [0.1, 0.15) is 0 Å². The molecule has 0 aliphatic heterocycles. The van der Waals surface area contributed by atoms with Gasteiger partial charge in [-0.1, -0.05) is 28.8 Å². The first-order valence-electron chi connectivity index (χ1n) is 6.57. The van der Waals surface area contributed by atoms with Gasteiger partial charge in [0.25, 0.3) is 5.91 Å². The lowest BCUT2D eigenvalue weighted by Gasteiger charge is -2.30. The van der Waals surface area contributed by atoms with Crippen LogP contribution in [0.15, 0.2) is 22.7 Å². The van der Waals surface area contributed by atoms with E-state index in [0.29, 0.717) is 17.7 Å². The van der Waals surface area contributed by atoms with E-state index in [1.807, 2.05) is 0 Å². The third-order valence-electron chi connectivity index (χ3n) is 3.67. The molecule has 20 heavy (non-hydrogen) atoms. The molecule has 1 aromatic rings. The number of nitrogens with one attached hydrogen (secondary N) is 1. The topological polar surface area (TPSA) is 92.4 Å². The molecule has 0 radical (unpaired) electrons. The largest absolute Gasteiger partial charge is 0.481 e. The summed E-state index contributed by atoms with van der Waals surface area (Å²) in [6, 6.07) is 5.02. The number of rotatable bonds is 4. The smallest absolute Gasteiger partial charge is 0.308 e. The molecule has 108 valence electrons. The maximum absolute atomic E-state index is 11.5. The standard InChI is InChI=1S/C14H17BrN2O3/c15-8-5-6-12(10(7-8)13(16)18)17-11-4-2-1-3-9(11)14(19)20/h5-7,9,11,17H,1-4H2,(H2,16,18)(H,19,20). The number of hydrogen-bond donors (Lipinski definition) is 3. The number of benzene rings is 1. The van der Waals surface area contributed by atoms with Crippen LogP contribution in [-0.4, -0.2) is 23.0 Å². The summed E-state index contributed by atoms with van der Waals surface area (Å²) in [5.74, 6) is -1.75. The summed E-state index contributed by atoms with van der Waals surface area (Å²) < 4.78 is 0.760. The Morgan fingerprint density at radius 1 is 1.30 bits per heavy atom. The van der Waals surface area contributed by atoms with Gasteiger partial charge in [-0.25, -0.2) is 0 Å². The van der Waals surface area contributed by atoms with E-state index in [4.69, 9.17) is 5.73 Å². The quantitative estimate of drug-likeness (QED) is 0.785. The highest BCUT2D eigenvalue weighted by molar-refractivity contribution is 9.10. The fourth-order valence-electron chi connectivity index (χ4n) is 2.65. The zero-order valence-corrected chi connectivity index (χ0v) is 12.5. The summed E-state index contributed by atoms with van der Waals surface area (Å²) in [5, 5.41) is 12.5. The van der Waals surface area contributed by atoms with Gasteiger partial charge in [-0.05, 0) is 31.0 Å². The Morgan fingerprint density at radius 3 is 2.65 bits per heavy atom. The predicted molar refractivity (Wildman–Crippen MR) is 79.7 cm³/mol. The molecule has 1 saturated carbocycles. The number of amides is 1. The zero-order valence-electron chi connectivity index (χ0n) is 10.9. The van der Waals surface area contributed by atoms with Crippen LogP contribution >= 0.6 is 15.9 Å². The fourth-order valence-corrected chi connectivity index (χ4v) is 3.01. The second-order valence-electron chi connectivity index (χ2n) is 5.03. The molecule has 1 aliphatic carbocycles. The Morgan fingerprint density at radius 2 is 2.00 bits per heavy atom. The summed E-state index contributed by atoms with van der Waals surface area (Å²) in [4.78, 5) is 22.8. The van der Waals surface area contributed by atoms with Gasteiger partial charge in [-0.2, -0.15) is 0 Å². The molecule has 1 aliphatic rings. The average Bonchev–Trinajstić information content (AvgIpc) is 2.41. The second-order valence-corrected chi connectivity index (χ2v) is 5.95. The predicted octanol–water partition coefficient (Wildman–Crippen LogP) is 2.60. The van der Waals surface area contributed by atoms with Crippen LogP contribution in [0.3, 0.4) is 0 Å². The maximum Gasteiger partial charge on any atom is 0.308 e. The summed E-state index contributed by atoms with van der Waals surface area (Å²) in [6.45, 7) is 0. The monoisotopic (exact) mass is 340 g/mol. The normalized spacial score (nSPS) is 22.2. The fraction of sp³-hybridized carbons (Fsp3) is 0.429. The van der Waals surface area contributed by atoms with Crippen LogP contribution in [0.25, 0.3) is 0 Å². The molecule has 1 fully saturated rings. The van der Waals surface area contributed by atoms with Crippen LogP contribution in [0, 0.1) is 5.92 Å². The Bertz CT molecular complexity index is 533. The molecule has 2 unspecified atom stereocenters. The molecule has 1 amide bonds. The lowest BCUT2D eigenvalue weighted by atomic mass is 9.84. The number of carbonyl (C=O) groups excluding carboxylic acids is 1. The van der Waals surface area contributed by atoms with Crippen LogP contribution in [0.5, 0.6) is 0 Å². The highest BCUT2D eigenvalue weighted by atomic mass is 79.9. The molecule has 4 N–H and O–H groups in total. The van der Waals surface area contributed by atoms with Crippen molar-refractivity contribution in [1.29, 1.82) is 0 Å². The molecule has 6 heteroatoms. The Kier molecular flexibility index (Phi) is 4.65. The van der Waals surface area contributed by atoms with Gasteiger partial charge in [-0.3, -0.25) is 9.59 Å². The minimum Gasteiger partial charge on any atom is -0.481 e. The lowest BCUT2D eigenvalue weighted by molar-refractivity contribution is -0.143. The number of carboxylic acid groups (broad SMARTS) is 1. The van der Waals surface area contributed by atoms with E-state index in [1.165, 1.54) is 0 Å². The number of nitrogens with two attached hydrogens (primary N) is 1.